The van der Waals surface area contributed by atoms with Crippen LogP contribution in [-0.2, 0) is 0 Å². The smallest absolute Gasteiger partial charge is 0.256 e. The highest BCUT2D eigenvalue weighted by Gasteiger charge is 2.27. The van der Waals surface area contributed by atoms with E-state index < -0.39 is 0 Å². The van der Waals surface area contributed by atoms with Crippen LogP contribution < -0.4 is 0 Å². The van der Waals surface area contributed by atoms with Gasteiger partial charge in [-0.2, -0.15) is 0 Å². The molecule has 0 unspecified atom stereocenters. The van der Waals surface area contributed by atoms with Crippen molar-refractivity contribution in [3.8, 4) is 0 Å². The molecule has 0 aliphatic carbocycles. The van der Waals surface area contributed by atoms with Crippen LogP contribution in [0.3, 0.4) is 0 Å². The summed E-state index contributed by atoms with van der Waals surface area (Å²) < 4.78 is 0. The molecular formula is C15H21Cl2N3O. The van der Waals surface area contributed by atoms with E-state index in [0.717, 1.165) is 39.0 Å². The maximum absolute atomic E-state index is 12.5. The number of carbonyl (C=O) groups is 1. The molecule has 0 aromatic carbocycles. The van der Waals surface area contributed by atoms with Crippen LogP contribution in [0.2, 0.25) is 10.3 Å². The van der Waals surface area contributed by atoms with Gasteiger partial charge in [-0.05, 0) is 38.1 Å². The van der Waals surface area contributed by atoms with Gasteiger partial charge in [0.25, 0.3) is 5.91 Å². The van der Waals surface area contributed by atoms with Crippen molar-refractivity contribution < 1.29 is 4.79 Å². The molecule has 1 aromatic heterocycles. The number of nitrogens with zero attached hydrogens (tertiary/aromatic N) is 3. The van der Waals surface area contributed by atoms with Crippen molar-refractivity contribution in [1.82, 2.24) is 14.8 Å². The third-order valence-electron chi connectivity index (χ3n) is 4.13. The molecule has 2 heterocycles. The highest BCUT2D eigenvalue weighted by molar-refractivity contribution is 6.34. The minimum atomic E-state index is -0.0536. The van der Waals surface area contributed by atoms with Gasteiger partial charge >= 0.3 is 0 Å². The first-order chi connectivity index (χ1) is 10.1. The number of likely N-dealkylation sites (tertiary alicyclic amines) is 1. The third kappa shape index (κ3) is 3.87. The lowest BCUT2D eigenvalue weighted by atomic mass is 10.0. The first kappa shape index (κ1) is 16.5. The summed E-state index contributed by atoms with van der Waals surface area (Å²) in [5, 5.41) is 0.482. The van der Waals surface area contributed by atoms with Crippen LogP contribution in [0.4, 0.5) is 0 Å². The summed E-state index contributed by atoms with van der Waals surface area (Å²) >= 11 is 11.8. The fourth-order valence-electron chi connectivity index (χ4n) is 2.92. The number of amides is 1. The van der Waals surface area contributed by atoms with Crippen molar-refractivity contribution in [2.45, 2.75) is 32.7 Å². The number of aromatic nitrogens is 1. The first-order valence-corrected chi connectivity index (χ1v) is 8.17. The Balaban J connectivity index is 2.00. The van der Waals surface area contributed by atoms with E-state index in [-0.39, 0.29) is 11.1 Å². The van der Waals surface area contributed by atoms with E-state index in [4.69, 9.17) is 23.2 Å². The van der Waals surface area contributed by atoms with Gasteiger partial charge in [0.1, 0.15) is 10.3 Å². The third-order valence-corrected chi connectivity index (χ3v) is 4.62. The summed E-state index contributed by atoms with van der Waals surface area (Å²) in [6.45, 7) is 8.00. The van der Waals surface area contributed by atoms with Crippen molar-refractivity contribution in [1.29, 1.82) is 0 Å². The topological polar surface area (TPSA) is 36.4 Å². The van der Waals surface area contributed by atoms with E-state index in [1.165, 1.54) is 0 Å². The molecule has 1 amide bonds. The van der Waals surface area contributed by atoms with Crippen LogP contribution in [0.25, 0.3) is 0 Å². The first-order valence-electron chi connectivity index (χ1n) is 7.42. The Morgan fingerprint density at radius 2 is 1.90 bits per heavy atom. The summed E-state index contributed by atoms with van der Waals surface area (Å²) in [5.41, 5.74) is 0.433. The molecule has 1 aliphatic rings. The predicted octanol–water partition coefficient (Wildman–Crippen LogP) is 3.33. The molecule has 2 rings (SSSR count). The van der Waals surface area contributed by atoms with Gasteiger partial charge in [0.15, 0.2) is 0 Å². The van der Waals surface area contributed by atoms with E-state index in [9.17, 15) is 4.79 Å². The molecule has 0 atom stereocenters. The van der Waals surface area contributed by atoms with Crippen molar-refractivity contribution >= 4 is 29.1 Å². The maximum Gasteiger partial charge on any atom is 0.256 e. The van der Waals surface area contributed by atoms with Gasteiger partial charge in [0, 0.05) is 19.1 Å². The fourth-order valence-corrected chi connectivity index (χ4v) is 3.34. The van der Waals surface area contributed by atoms with Gasteiger partial charge in [-0.3, -0.25) is 4.79 Å². The van der Waals surface area contributed by atoms with Crippen LogP contribution in [0.5, 0.6) is 0 Å². The molecule has 0 spiro atoms. The van der Waals surface area contributed by atoms with Crippen molar-refractivity contribution in [3.63, 3.8) is 0 Å². The second kappa shape index (κ2) is 7.43. The molecule has 4 nitrogen and oxygen atoms in total. The van der Waals surface area contributed by atoms with E-state index in [1.807, 2.05) is 4.90 Å². The van der Waals surface area contributed by atoms with Gasteiger partial charge in [0.2, 0.25) is 0 Å². The monoisotopic (exact) mass is 329 g/mol. The molecule has 1 aromatic rings. The molecule has 0 saturated carbocycles. The second-order valence-corrected chi connectivity index (χ2v) is 5.96. The lowest BCUT2D eigenvalue weighted by Gasteiger charge is -2.37. The summed E-state index contributed by atoms with van der Waals surface area (Å²) in [5.74, 6) is -0.0536. The normalized spacial score (nSPS) is 16.5. The van der Waals surface area contributed by atoms with E-state index in [0.29, 0.717) is 16.8 Å². The molecule has 1 aliphatic heterocycles. The second-order valence-electron chi connectivity index (χ2n) is 5.22. The van der Waals surface area contributed by atoms with Gasteiger partial charge in [-0.25, -0.2) is 4.98 Å². The Morgan fingerprint density at radius 1 is 1.29 bits per heavy atom. The highest BCUT2D eigenvalue weighted by Crippen LogP contribution is 2.22. The van der Waals surface area contributed by atoms with Crippen LogP contribution in [0.15, 0.2) is 12.1 Å². The van der Waals surface area contributed by atoms with E-state index in [2.05, 4.69) is 23.7 Å². The minimum absolute atomic E-state index is 0.0536. The maximum atomic E-state index is 12.5. The van der Waals surface area contributed by atoms with Crippen LogP contribution >= 0.6 is 23.2 Å². The molecule has 0 radical (unpaired) electrons. The summed E-state index contributed by atoms with van der Waals surface area (Å²) in [6.07, 6.45) is 2.01. The Bertz CT molecular complexity index is 498. The minimum Gasteiger partial charge on any atom is -0.338 e. The summed E-state index contributed by atoms with van der Waals surface area (Å²) in [7, 11) is 0. The zero-order valence-corrected chi connectivity index (χ0v) is 14.0. The zero-order chi connectivity index (χ0) is 15.4. The fraction of sp³-hybridized carbons (Fsp3) is 0.600. The largest absolute Gasteiger partial charge is 0.338 e. The molecule has 1 saturated heterocycles. The predicted molar refractivity (Wildman–Crippen MR) is 86.1 cm³/mol. The van der Waals surface area contributed by atoms with E-state index >= 15 is 0 Å². The van der Waals surface area contributed by atoms with Crippen LogP contribution in [0.1, 0.15) is 37.0 Å². The number of piperidine rings is 1. The van der Waals surface area contributed by atoms with Crippen LogP contribution in [0, 0.1) is 0 Å². The molecule has 0 N–H and O–H groups in total. The number of hydrogen-bond donors (Lipinski definition) is 0. The zero-order valence-electron chi connectivity index (χ0n) is 12.5. The highest BCUT2D eigenvalue weighted by atomic mass is 35.5. The Labute approximate surface area is 136 Å². The molecule has 116 valence electrons. The van der Waals surface area contributed by atoms with Gasteiger partial charge in [0.05, 0.1) is 5.56 Å². The number of hydrogen-bond acceptors (Lipinski definition) is 3. The average molecular weight is 330 g/mol. The number of rotatable bonds is 4. The molecule has 6 heteroatoms. The van der Waals surface area contributed by atoms with Gasteiger partial charge in [-0.15, -0.1) is 0 Å². The van der Waals surface area contributed by atoms with Crippen LogP contribution in [-0.4, -0.2) is 52.9 Å². The molecule has 0 bridgehead atoms. The van der Waals surface area contributed by atoms with Crippen molar-refractivity contribution in [2.24, 2.45) is 0 Å². The van der Waals surface area contributed by atoms with Crippen molar-refractivity contribution in [3.05, 3.63) is 28.0 Å². The lowest BCUT2D eigenvalue weighted by molar-refractivity contribution is 0.0631. The number of halogens is 2. The van der Waals surface area contributed by atoms with Gasteiger partial charge in [-0.1, -0.05) is 37.0 Å². The average Bonchev–Trinajstić information content (AvgIpc) is 2.48. The van der Waals surface area contributed by atoms with Crippen molar-refractivity contribution in [2.75, 3.05) is 26.2 Å². The standard InChI is InChI=1S/C15H21Cl2N3O/c1-3-19(4-2)11-7-9-20(10-8-11)15(21)12-5-6-13(16)18-14(12)17/h5-6,11H,3-4,7-10H2,1-2H3. The quantitative estimate of drug-likeness (QED) is 0.795. The lowest BCUT2D eigenvalue weighted by Crippen LogP contribution is -2.46. The summed E-state index contributed by atoms with van der Waals surface area (Å²) in [4.78, 5) is 20.7. The Morgan fingerprint density at radius 3 is 2.43 bits per heavy atom. The molecule has 21 heavy (non-hydrogen) atoms. The molecule has 1 fully saturated rings. The number of carbonyl (C=O) groups excluding carboxylic acids is 1. The Kier molecular flexibility index (Phi) is 5.85. The summed E-state index contributed by atoms with van der Waals surface area (Å²) in [6, 6.07) is 3.82. The van der Waals surface area contributed by atoms with E-state index in [1.54, 1.807) is 12.1 Å². The number of pyridine rings is 1. The SMILES string of the molecule is CCN(CC)C1CCN(C(=O)c2ccc(Cl)nc2Cl)CC1. The molecular weight excluding hydrogens is 309 g/mol. The Hall–Kier alpha value is -0.840. The van der Waals surface area contributed by atoms with Gasteiger partial charge < -0.3 is 9.80 Å².